The van der Waals surface area contributed by atoms with Crippen LogP contribution < -0.4 is 4.74 Å². The number of benzene rings is 2. The molecular weight excluding hydrogens is 440 g/mol. The van der Waals surface area contributed by atoms with Crippen LogP contribution in [0.2, 0.25) is 0 Å². The van der Waals surface area contributed by atoms with Crippen molar-refractivity contribution in [1.29, 1.82) is 0 Å². The molecule has 1 saturated heterocycles. The van der Waals surface area contributed by atoms with E-state index in [-0.39, 0.29) is 17.4 Å². The average Bonchev–Trinajstić information content (AvgIpc) is 3.35. The molecule has 0 saturated carbocycles. The molecule has 1 amide bonds. The zero-order chi connectivity index (χ0) is 25.3. The van der Waals surface area contributed by atoms with Gasteiger partial charge in [0.1, 0.15) is 17.6 Å². The largest absolute Gasteiger partial charge is 0.507 e. The summed E-state index contributed by atoms with van der Waals surface area (Å²) in [5.74, 6) is -0.155. The van der Waals surface area contributed by atoms with Crippen LogP contribution in [-0.4, -0.2) is 58.9 Å². The van der Waals surface area contributed by atoms with Gasteiger partial charge in [0.2, 0.25) is 0 Å². The molecule has 0 aliphatic carbocycles. The van der Waals surface area contributed by atoms with Gasteiger partial charge in [-0.25, -0.2) is 0 Å². The molecular formula is C29H36N2O4. The first kappa shape index (κ1) is 25.0. The molecule has 0 bridgehead atoms. The van der Waals surface area contributed by atoms with E-state index in [0.717, 1.165) is 36.4 Å². The first-order valence-corrected chi connectivity index (χ1v) is 12.7. The number of hydrogen-bond donors (Lipinski definition) is 1. The highest BCUT2D eigenvalue weighted by Gasteiger charge is 2.46. The summed E-state index contributed by atoms with van der Waals surface area (Å²) in [5.41, 5.74) is 3.69. The maximum Gasteiger partial charge on any atom is 0.295 e. The molecule has 6 heteroatoms. The summed E-state index contributed by atoms with van der Waals surface area (Å²) in [7, 11) is 0. The second-order valence-electron chi connectivity index (χ2n) is 9.80. The number of likely N-dealkylation sites (tertiary alicyclic amines) is 1. The van der Waals surface area contributed by atoms with Crippen LogP contribution in [0.25, 0.3) is 5.76 Å². The molecule has 2 aliphatic rings. The zero-order valence-electron chi connectivity index (χ0n) is 21.4. The van der Waals surface area contributed by atoms with Crippen molar-refractivity contribution in [2.75, 3.05) is 26.2 Å². The van der Waals surface area contributed by atoms with Crippen molar-refractivity contribution in [3.05, 3.63) is 70.3 Å². The fourth-order valence-corrected chi connectivity index (χ4v) is 5.03. The van der Waals surface area contributed by atoms with E-state index in [2.05, 4.69) is 32.6 Å². The molecule has 2 atom stereocenters. The molecule has 35 heavy (non-hydrogen) atoms. The number of carbonyl (C=O) groups is 2. The number of hydrogen-bond acceptors (Lipinski definition) is 5. The SMILES string of the molecule is CCN(CC)CCN1C(=O)C(=O)/C(=C(/O)c2ccc3c(c2)C[C@H](C)O3)[C@H]1c1ccc(C(C)C)cc1. The number of amides is 1. The molecule has 0 radical (unpaired) electrons. The van der Waals surface area contributed by atoms with E-state index in [1.165, 1.54) is 5.56 Å². The van der Waals surface area contributed by atoms with E-state index in [1.807, 2.05) is 43.3 Å². The van der Waals surface area contributed by atoms with Gasteiger partial charge in [0.05, 0.1) is 11.6 Å². The molecule has 4 rings (SSSR count). The summed E-state index contributed by atoms with van der Waals surface area (Å²) in [6, 6.07) is 12.9. The van der Waals surface area contributed by atoms with E-state index in [9.17, 15) is 14.7 Å². The minimum absolute atomic E-state index is 0.0764. The van der Waals surface area contributed by atoms with E-state index in [0.29, 0.717) is 24.6 Å². The number of aliphatic hydroxyl groups excluding tert-OH is 1. The van der Waals surface area contributed by atoms with Crippen molar-refractivity contribution >= 4 is 17.4 Å². The van der Waals surface area contributed by atoms with Crippen LogP contribution >= 0.6 is 0 Å². The molecule has 2 aliphatic heterocycles. The monoisotopic (exact) mass is 476 g/mol. The number of Topliss-reactive ketones (excluding diaryl/α,β-unsaturated/α-hetero) is 1. The predicted molar refractivity (Wildman–Crippen MR) is 138 cm³/mol. The number of rotatable bonds is 8. The van der Waals surface area contributed by atoms with Crippen LogP contribution in [0.1, 0.15) is 68.8 Å². The van der Waals surface area contributed by atoms with Crippen molar-refractivity contribution in [3.8, 4) is 5.75 Å². The van der Waals surface area contributed by atoms with Crippen molar-refractivity contribution < 1.29 is 19.4 Å². The van der Waals surface area contributed by atoms with Gasteiger partial charge in [0.15, 0.2) is 0 Å². The number of ether oxygens (including phenoxy) is 1. The lowest BCUT2D eigenvalue weighted by atomic mass is 9.92. The fourth-order valence-electron chi connectivity index (χ4n) is 5.03. The Labute approximate surface area is 208 Å². The number of ketones is 1. The summed E-state index contributed by atoms with van der Waals surface area (Å²) >= 11 is 0. The third kappa shape index (κ3) is 4.85. The molecule has 6 nitrogen and oxygen atoms in total. The molecule has 2 aromatic carbocycles. The third-order valence-electron chi connectivity index (χ3n) is 7.18. The Morgan fingerprint density at radius 3 is 2.43 bits per heavy atom. The van der Waals surface area contributed by atoms with Crippen LogP contribution in [0, 0.1) is 0 Å². The topological polar surface area (TPSA) is 70.1 Å². The minimum Gasteiger partial charge on any atom is -0.507 e. The Hall–Kier alpha value is -3.12. The van der Waals surface area contributed by atoms with E-state index in [1.54, 1.807) is 11.0 Å². The van der Waals surface area contributed by atoms with E-state index >= 15 is 0 Å². The summed E-state index contributed by atoms with van der Waals surface area (Å²) in [4.78, 5) is 30.4. The second kappa shape index (κ2) is 10.2. The van der Waals surface area contributed by atoms with E-state index < -0.39 is 17.7 Å². The molecule has 0 unspecified atom stereocenters. The maximum absolute atomic E-state index is 13.3. The Bertz CT molecular complexity index is 1130. The molecule has 0 aromatic heterocycles. The van der Waals surface area contributed by atoms with Gasteiger partial charge in [-0.2, -0.15) is 0 Å². The minimum atomic E-state index is -0.634. The van der Waals surface area contributed by atoms with Crippen LogP contribution in [-0.2, 0) is 16.0 Å². The molecule has 2 heterocycles. The molecule has 2 aromatic rings. The predicted octanol–water partition coefficient (Wildman–Crippen LogP) is 4.90. The Balaban J connectivity index is 1.78. The maximum atomic E-state index is 13.3. The van der Waals surface area contributed by atoms with Gasteiger partial charge in [0.25, 0.3) is 11.7 Å². The van der Waals surface area contributed by atoms with Crippen molar-refractivity contribution in [2.24, 2.45) is 0 Å². The lowest BCUT2D eigenvalue weighted by Crippen LogP contribution is -2.38. The Morgan fingerprint density at radius 2 is 1.80 bits per heavy atom. The van der Waals surface area contributed by atoms with Gasteiger partial charge < -0.3 is 19.6 Å². The highest BCUT2D eigenvalue weighted by Crippen LogP contribution is 2.40. The standard InChI is InChI=1S/C29H36N2O4/c1-6-30(7-2)14-15-31-26(21-10-8-20(9-11-21)18(3)4)25(28(33)29(31)34)27(32)22-12-13-24-23(17-22)16-19(5)35-24/h8-13,17-19,26,32H,6-7,14-16H2,1-5H3/b27-25+/t19-,26+/m0/s1. The number of aliphatic hydroxyl groups is 1. The number of likely N-dealkylation sites (N-methyl/N-ethyl adjacent to an activating group) is 1. The number of nitrogens with zero attached hydrogens (tertiary/aromatic N) is 2. The Kier molecular flexibility index (Phi) is 7.31. The fraction of sp³-hybridized carbons (Fsp3) is 0.448. The van der Waals surface area contributed by atoms with Crippen molar-refractivity contribution in [2.45, 2.75) is 59.1 Å². The first-order valence-electron chi connectivity index (χ1n) is 12.7. The van der Waals surface area contributed by atoms with Gasteiger partial charge in [-0.1, -0.05) is 52.0 Å². The number of fused-ring (bicyclic) bond motifs is 1. The zero-order valence-corrected chi connectivity index (χ0v) is 21.4. The lowest BCUT2D eigenvalue weighted by Gasteiger charge is -2.28. The molecule has 1 N–H and O–H groups in total. The highest BCUT2D eigenvalue weighted by molar-refractivity contribution is 6.46. The van der Waals surface area contributed by atoms with Gasteiger partial charge >= 0.3 is 0 Å². The lowest BCUT2D eigenvalue weighted by molar-refractivity contribution is -0.140. The van der Waals surface area contributed by atoms with Crippen LogP contribution in [0.5, 0.6) is 5.75 Å². The number of carbonyl (C=O) groups excluding carboxylic acids is 2. The third-order valence-corrected chi connectivity index (χ3v) is 7.18. The van der Waals surface area contributed by atoms with Crippen LogP contribution in [0.4, 0.5) is 0 Å². The molecule has 186 valence electrons. The molecule has 0 spiro atoms. The Morgan fingerprint density at radius 1 is 1.11 bits per heavy atom. The average molecular weight is 477 g/mol. The second-order valence-corrected chi connectivity index (χ2v) is 9.80. The molecule has 1 fully saturated rings. The van der Waals surface area contributed by atoms with Gasteiger partial charge in [0, 0.05) is 25.1 Å². The quantitative estimate of drug-likeness (QED) is 0.334. The first-order chi connectivity index (χ1) is 16.7. The van der Waals surface area contributed by atoms with Crippen molar-refractivity contribution in [1.82, 2.24) is 9.80 Å². The summed E-state index contributed by atoms with van der Waals surface area (Å²) < 4.78 is 5.79. The van der Waals surface area contributed by atoms with Gasteiger partial charge in [-0.05, 0) is 60.8 Å². The van der Waals surface area contributed by atoms with Gasteiger partial charge in [-0.15, -0.1) is 0 Å². The van der Waals surface area contributed by atoms with E-state index in [4.69, 9.17) is 4.74 Å². The normalized spacial score (nSPS) is 21.2. The smallest absolute Gasteiger partial charge is 0.295 e. The summed E-state index contributed by atoms with van der Waals surface area (Å²) in [6.45, 7) is 13.2. The van der Waals surface area contributed by atoms with Gasteiger partial charge in [-0.3, -0.25) is 9.59 Å². The van der Waals surface area contributed by atoms with Crippen LogP contribution in [0.15, 0.2) is 48.0 Å². The summed E-state index contributed by atoms with van der Waals surface area (Å²) in [5, 5.41) is 11.4. The van der Waals surface area contributed by atoms with Crippen molar-refractivity contribution in [3.63, 3.8) is 0 Å². The summed E-state index contributed by atoms with van der Waals surface area (Å²) in [6.07, 6.45) is 0.821. The van der Waals surface area contributed by atoms with Crippen LogP contribution in [0.3, 0.4) is 0 Å². The highest BCUT2D eigenvalue weighted by atomic mass is 16.5.